The highest BCUT2D eigenvalue weighted by Gasteiger charge is 2.28. The summed E-state index contributed by atoms with van der Waals surface area (Å²) in [5.74, 6) is -2.42. The third-order valence-corrected chi connectivity index (χ3v) is 11.3. The van der Waals surface area contributed by atoms with Crippen LogP contribution in [0.4, 0.5) is 0 Å². The van der Waals surface area contributed by atoms with E-state index in [0.717, 1.165) is 51.4 Å². The van der Waals surface area contributed by atoms with Crippen LogP contribution in [0.25, 0.3) is 0 Å². The maximum absolute atomic E-state index is 12.7. The van der Waals surface area contributed by atoms with Gasteiger partial charge in [-0.2, -0.15) is 0 Å². The van der Waals surface area contributed by atoms with Crippen LogP contribution in [-0.2, 0) is 37.5 Å². The molecule has 0 amide bonds. The SMILES string of the molecule is CCCCC/C=C/C/C=C/C/C=C/CCCCC(=O)OC[C@@H](COP(=O)(O)OC[C@H](N)C(=O)O)OC(=O)CCCCCCCCCCCCCCCCCCCCCCC. The number of allylic oxidation sites excluding steroid dienone is 6. The zero-order chi connectivity index (χ0) is 44.2. The number of carbonyl (C=O) groups excluding carboxylic acids is 2. The Labute approximate surface area is 365 Å². The van der Waals surface area contributed by atoms with Gasteiger partial charge < -0.3 is 25.2 Å². The van der Waals surface area contributed by atoms with Crippen molar-refractivity contribution in [1.82, 2.24) is 0 Å². The smallest absolute Gasteiger partial charge is 0.472 e. The molecule has 0 aromatic carbocycles. The van der Waals surface area contributed by atoms with Gasteiger partial charge >= 0.3 is 25.7 Å². The third kappa shape index (κ3) is 42.4. The largest absolute Gasteiger partial charge is 0.480 e. The lowest BCUT2D eigenvalue weighted by atomic mass is 10.0. The average molecular weight is 870 g/mol. The monoisotopic (exact) mass is 870 g/mol. The normalized spacial score (nSPS) is 13.9. The van der Waals surface area contributed by atoms with E-state index in [1.165, 1.54) is 128 Å². The molecule has 0 saturated heterocycles. The number of phosphoric acid groups is 1. The molecule has 0 fully saturated rings. The number of carboxylic acid groups (broad SMARTS) is 1. The number of hydrogen-bond acceptors (Lipinski definition) is 9. The Balaban J connectivity index is 4.29. The minimum atomic E-state index is -4.73. The molecule has 0 spiro atoms. The molecule has 11 nitrogen and oxygen atoms in total. The molecular formula is C48H88NO10P. The second kappa shape index (κ2) is 43.4. The van der Waals surface area contributed by atoms with Crippen molar-refractivity contribution in [2.45, 2.75) is 231 Å². The number of nitrogens with two attached hydrogens (primary N) is 1. The van der Waals surface area contributed by atoms with Crippen molar-refractivity contribution in [3.05, 3.63) is 36.5 Å². The van der Waals surface area contributed by atoms with Crippen LogP contribution in [-0.4, -0.2) is 59.9 Å². The van der Waals surface area contributed by atoms with Gasteiger partial charge in [0.05, 0.1) is 13.2 Å². The van der Waals surface area contributed by atoms with E-state index in [-0.39, 0.29) is 19.4 Å². The van der Waals surface area contributed by atoms with Crippen LogP contribution in [0.2, 0.25) is 0 Å². The van der Waals surface area contributed by atoms with E-state index >= 15 is 0 Å². The molecule has 3 atom stereocenters. The van der Waals surface area contributed by atoms with E-state index in [0.29, 0.717) is 12.8 Å². The lowest BCUT2D eigenvalue weighted by Gasteiger charge is -2.20. The molecule has 0 saturated carbocycles. The Bertz CT molecular complexity index is 1160. The number of hydrogen-bond donors (Lipinski definition) is 3. The number of aliphatic carboxylic acids is 1. The summed E-state index contributed by atoms with van der Waals surface area (Å²) >= 11 is 0. The van der Waals surface area contributed by atoms with Crippen LogP contribution < -0.4 is 5.73 Å². The molecule has 0 radical (unpaired) electrons. The predicted molar refractivity (Wildman–Crippen MR) is 245 cm³/mol. The van der Waals surface area contributed by atoms with Gasteiger partial charge in [0.2, 0.25) is 0 Å². The second-order valence-corrected chi connectivity index (χ2v) is 17.7. The van der Waals surface area contributed by atoms with E-state index in [2.05, 4.69) is 54.8 Å². The summed E-state index contributed by atoms with van der Waals surface area (Å²) in [6.45, 7) is 2.76. The summed E-state index contributed by atoms with van der Waals surface area (Å²) in [5, 5.41) is 8.90. The van der Waals surface area contributed by atoms with Crippen LogP contribution in [0.5, 0.6) is 0 Å². The van der Waals surface area contributed by atoms with Crippen molar-refractivity contribution >= 4 is 25.7 Å². The van der Waals surface area contributed by atoms with Crippen molar-refractivity contribution in [2.75, 3.05) is 19.8 Å². The molecule has 4 N–H and O–H groups in total. The highest BCUT2D eigenvalue weighted by molar-refractivity contribution is 7.47. The average Bonchev–Trinajstić information content (AvgIpc) is 3.22. The third-order valence-electron chi connectivity index (χ3n) is 10.4. The first kappa shape index (κ1) is 57.7. The van der Waals surface area contributed by atoms with Gasteiger partial charge in [0.15, 0.2) is 6.10 Å². The first-order chi connectivity index (χ1) is 29.1. The molecule has 0 rings (SSSR count). The van der Waals surface area contributed by atoms with Gasteiger partial charge in [-0.15, -0.1) is 0 Å². The molecule has 0 heterocycles. The number of carbonyl (C=O) groups is 3. The number of unbranched alkanes of at least 4 members (excludes halogenated alkanes) is 25. The summed E-state index contributed by atoms with van der Waals surface area (Å²) in [6.07, 6.45) is 47.9. The number of ether oxygens (including phenoxy) is 2. The molecule has 0 bridgehead atoms. The van der Waals surface area contributed by atoms with E-state index < -0.39 is 51.1 Å². The van der Waals surface area contributed by atoms with E-state index in [1.807, 2.05) is 0 Å². The molecule has 350 valence electrons. The Morgan fingerprint density at radius 1 is 0.517 bits per heavy atom. The van der Waals surface area contributed by atoms with Gasteiger partial charge in [0.25, 0.3) is 0 Å². The standard InChI is InChI=1S/C48H88NO10P/c1-3-5-7-9-11-13-15-17-19-20-21-22-23-24-26-28-30-32-34-36-38-40-47(51)59-44(42-57-60(54,55)58-43-45(49)48(52)53)41-56-46(50)39-37-35-33-31-29-27-25-18-16-14-12-10-8-6-4-2/h12,14,18,25,29,31,44-45H,3-11,13,15-17,19-24,26-28,30,32-43,49H2,1-2H3,(H,52,53)(H,54,55)/b14-12+,25-18+,31-29+/t44-,45-/m0/s1. The minimum absolute atomic E-state index is 0.156. The molecule has 60 heavy (non-hydrogen) atoms. The molecular weight excluding hydrogens is 781 g/mol. The zero-order valence-electron chi connectivity index (χ0n) is 38.1. The number of carboxylic acids is 1. The van der Waals surface area contributed by atoms with Crippen LogP contribution in [0.15, 0.2) is 36.5 Å². The zero-order valence-corrected chi connectivity index (χ0v) is 38.9. The summed E-state index contributed by atoms with van der Waals surface area (Å²) in [4.78, 5) is 46.0. The Kier molecular flexibility index (Phi) is 41.7. The maximum Gasteiger partial charge on any atom is 0.472 e. The number of phosphoric ester groups is 1. The van der Waals surface area contributed by atoms with E-state index in [4.69, 9.17) is 24.8 Å². The van der Waals surface area contributed by atoms with Gasteiger partial charge in [-0.1, -0.05) is 192 Å². The maximum atomic E-state index is 12.7. The fraction of sp³-hybridized carbons (Fsp3) is 0.812. The van der Waals surface area contributed by atoms with Crippen LogP contribution in [0, 0.1) is 0 Å². The van der Waals surface area contributed by atoms with Crippen LogP contribution in [0.1, 0.15) is 219 Å². The van der Waals surface area contributed by atoms with E-state index in [9.17, 15) is 23.8 Å². The Hall–Kier alpha value is -2.30. The number of rotatable bonds is 45. The highest BCUT2D eigenvalue weighted by Crippen LogP contribution is 2.43. The minimum Gasteiger partial charge on any atom is -0.480 e. The summed E-state index contributed by atoms with van der Waals surface area (Å²) in [7, 11) is -4.73. The van der Waals surface area contributed by atoms with Crippen molar-refractivity contribution in [2.24, 2.45) is 5.73 Å². The van der Waals surface area contributed by atoms with Crippen LogP contribution >= 0.6 is 7.82 Å². The number of esters is 2. The molecule has 0 aromatic heterocycles. The quantitative estimate of drug-likeness (QED) is 0.0230. The first-order valence-corrected chi connectivity index (χ1v) is 25.5. The summed E-state index contributed by atoms with van der Waals surface area (Å²) in [6, 6.07) is -1.53. The van der Waals surface area contributed by atoms with Gasteiger partial charge in [0, 0.05) is 12.8 Å². The predicted octanol–water partition coefficient (Wildman–Crippen LogP) is 13.2. The van der Waals surface area contributed by atoms with Gasteiger partial charge in [-0.05, 0) is 51.4 Å². The lowest BCUT2D eigenvalue weighted by molar-refractivity contribution is -0.161. The van der Waals surface area contributed by atoms with Crippen molar-refractivity contribution in [3.63, 3.8) is 0 Å². The van der Waals surface area contributed by atoms with Gasteiger partial charge in [-0.25, -0.2) is 4.57 Å². The fourth-order valence-corrected chi connectivity index (χ4v) is 7.38. The van der Waals surface area contributed by atoms with Gasteiger partial charge in [-0.3, -0.25) is 23.4 Å². The Morgan fingerprint density at radius 3 is 1.35 bits per heavy atom. The van der Waals surface area contributed by atoms with Crippen molar-refractivity contribution < 1.29 is 47.5 Å². The molecule has 0 aliphatic carbocycles. The van der Waals surface area contributed by atoms with Crippen molar-refractivity contribution in [1.29, 1.82) is 0 Å². The molecule has 0 aromatic rings. The summed E-state index contributed by atoms with van der Waals surface area (Å²) in [5.41, 5.74) is 5.34. The molecule has 0 aliphatic rings. The Morgan fingerprint density at radius 2 is 0.883 bits per heavy atom. The lowest BCUT2D eigenvalue weighted by Crippen LogP contribution is -2.34. The fourth-order valence-electron chi connectivity index (χ4n) is 6.60. The van der Waals surface area contributed by atoms with Crippen molar-refractivity contribution in [3.8, 4) is 0 Å². The van der Waals surface area contributed by atoms with E-state index in [1.54, 1.807) is 0 Å². The molecule has 1 unspecified atom stereocenters. The van der Waals surface area contributed by atoms with Crippen LogP contribution in [0.3, 0.4) is 0 Å². The topological polar surface area (TPSA) is 172 Å². The summed E-state index contributed by atoms with van der Waals surface area (Å²) < 4.78 is 32.7. The highest BCUT2D eigenvalue weighted by atomic mass is 31.2. The second-order valence-electron chi connectivity index (χ2n) is 16.2. The molecule has 12 heteroatoms. The van der Waals surface area contributed by atoms with Gasteiger partial charge in [0.1, 0.15) is 12.6 Å². The first-order valence-electron chi connectivity index (χ1n) is 24.0. The molecule has 0 aliphatic heterocycles.